The van der Waals surface area contributed by atoms with Crippen molar-refractivity contribution in [3.05, 3.63) is 36.0 Å². The van der Waals surface area contributed by atoms with Crippen LogP contribution >= 0.6 is 24.0 Å². The molecule has 1 aliphatic rings. The summed E-state index contributed by atoms with van der Waals surface area (Å²) in [6, 6.07) is 4.15. The number of nitrogens with zero attached hydrogens (tertiary/aromatic N) is 4. The van der Waals surface area contributed by atoms with Gasteiger partial charge in [0.15, 0.2) is 5.96 Å². The molecule has 2 rings (SSSR count). The summed E-state index contributed by atoms with van der Waals surface area (Å²) < 4.78 is 0. The highest BCUT2D eigenvalue weighted by atomic mass is 127. The number of anilines is 1. The summed E-state index contributed by atoms with van der Waals surface area (Å²) in [6.45, 7) is 14.6. The summed E-state index contributed by atoms with van der Waals surface area (Å²) in [5, 5.41) is 3.02. The maximum atomic E-state index is 5.81. The van der Waals surface area contributed by atoms with Gasteiger partial charge >= 0.3 is 0 Å². The maximum absolute atomic E-state index is 5.81. The van der Waals surface area contributed by atoms with E-state index in [1.54, 1.807) is 0 Å². The number of guanidine groups is 1. The number of aliphatic imine (C=N–C) groups is 1. The van der Waals surface area contributed by atoms with Gasteiger partial charge in [0.25, 0.3) is 0 Å². The molecular formula is C17H29IN6. The van der Waals surface area contributed by atoms with E-state index in [-0.39, 0.29) is 24.0 Å². The topological polar surface area (TPSA) is 69.8 Å². The van der Waals surface area contributed by atoms with Gasteiger partial charge < -0.3 is 20.9 Å². The average Bonchev–Trinajstić information content (AvgIpc) is 2.58. The number of nitrogens with one attached hydrogen (secondary N) is 1. The molecule has 0 unspecified atom stereocenters. The largest absolute Gasteiger partial charge is 0.370 e. The minimum atomic E-state index is 0. The molecule has 0 atom stereocenters. The minimum absolute atomic E-state index is 0. The third kappa shape index (κ3) is 6.64. The monoisotopic (exact) mass is 444 g/mol. The summed E-state index contributed by atoms with van der Waals surface area (Å²) in [4.78, 5) is 13.7. The van der Waals surface area contributed by atoms with Gasteiger partial charge in [-0.05, 0) is 25.1 Å². The number of rotatable bonds is 6. The van der Waals surface area contributed by atoms with Crippen LogP contribution < -0.4 is 16.0 Å². The minimum Gasteiger partial charge on any atom is -0.370 e. The molecule has 1 saturated heterocycles. The Balaban J connectivity index is 0.00000288. The van der Waals surface area contributed by atoms with E-state index in [1.807, 2.05) is 13.1 Å². The number of piperazine rings is 1. The normalized spacial score (nSPS) is 15.8. The maximum Gasteiger partial charge on any atom is 0.189 e. The van der Waals surface area contributed by atoms with Gasteiger partial charge in [-0.2, -0.15) is 0 Å². The molecule has 7 heteroatoms. The van der Waals surface area contributed by atoms with E-state index in [0.717, 1.165) is 49.7 Å². The predicted octanol–water partition coefficient (Wildman–Crippen LogP) is 1.82. The van der Waals surface area contributed by atoms with Crippen LogP contribution in [0, 0.1) is 0 Å². The molecule has 0 aliphatic carbocycles. The van der Waals surface area contributed by atoms with Gasteiger partial charge in [-0.15, -0.1) is 24.0 Å². The van der Waals surface area contributed by atoms with Crippen LogP contribution in [0.1, 0.15) is 19.4 Å². The van der Waals surface area contributed by atoms with Crippen LogP contribution in [0.4, 0.5) is 5.82 Å². The van der Waals surface area contributed by atoms with Crippen LogP contribution in [0.5, 0.6) is 0 Å². The highest BCUT2D eigenvalue weighted by Gasteiger charge is 2.16. The molecule has 0 amide bonds. The van der Waals surface area contributed by atoms with Crippen LogP contribution in [-0.2, 0) is 6.54 Å². The van der Waals surface area contributed by atoms with Gasteiger partial charge in [0.1, 0.15) is 5.82 Å². The fraction of sp³-hybridized carbons (Fsp3) is 0.529. The average molecular weight is 444 g/mol. The van der Waals surface area contributed by atoms with Crippen molar-refractivity contribution in [1.82, 2.24) is 15.2 Å². The first-order chi connectivity index (χ1) is 11.1. The lowest BCUT2D eigenvalue weighted by atomic mass is 10.2. The zero-order chi connectivity index (χ0) is 16.7. The molecule has 6 nitrogen and oxygen atoms in total. The second-order valence-corrected chi connectivity index (χ2v) is 5.96. The lowest BCUT2D eigenvalue weighted by molar-refractivity contribution is 0.270. The van der Waals surface area contributed by atoms with Gasteiger partial charge in [-0.1, -0.05) is 25.1 Å². The molecule has 1 aromatic rings. The standard InChI is InChI=1S/C17H28N6.HI/c1-4-22-7-9-23(10-8-22)16-6-5-15(12-19-16)13-21-17(18)20-11-14(2)3;/h5-6,12H,2,4,7-11,13H2,1,3H3,(H3,18,20,21);1H. The quantitative estimate of drug-likeness (QED) is 0.303. The van der Waals surface area contributed by atoms with Gasteiger partial charge in [0, 0.05) is 38.9 Å². The summed E-state index contributed by atoms with van der Waals surface area (Å²) in [5.41, 5.74) is 7.89. The van der Waals surface area contributed by atoms with Crippen molar-refractivity contribution in [2.24, 2.45) is 10.7 Å². The Morgan fingerprint density at radius 2 is 2.04 bits per heavy atom. The number of likely N-dealkylation sites (N-methyl/N-ethyl adjacent to an activating group) is 1. The van der Waals surface area contributed by atoms with Crippen molar-refractivity contribution in [2.75, 3.05) is 44.2 Å². The van der Waals surface area contributed by atoms with E-state index in [4.69, 9.17) is 5.73 Å². The number of hydrogen-bond donors (Lipinski definition) is 2. The molecule has 24 heavy (non-hydrogen) atoms. The Bertz CT molecular complexity index is 535. The molecule has 1 fully saturated rings. The molecule has 0 bridgehead atoms. The number of aromatic nitrogens is 1. The lowest BCUT2D eigenvalue weighted by Crippen LogP contribution is -2.46. The van der Waals surface area contributed by atoms with Crippen LogP contribution in [0.25, 0.3) is 0 Å². The summed E-state index contributed by atoms with van der Waals surface area (Å²) in [5.74, 6) is 1.48. The number of halogens is 1. The molecule has 0 spiro atoms. The number of pyridine rings is 1. The van der Waals surface area contributed by atoms with Crippen LogP contribution in [0.15, 0.2) is 35.5 Å². The van der Waals surface area contributed by atoms with E-state index in [9.17, 15) is 0 Å². The van der Waals surface area contributed by atoms with Gasteiger partial charge in [0.05, 0.1) is 6.54 Å². The second-order valence-electron chi connectivity index (χ2n) is 5.96. The zero-order valence-electron chi connectivity index (χ0n) is 14.7. The van der Waals surface area contributed by atoms with Crippen LogP contribution in [0.3, 0.4) is 0 Å². The predicted molar refractivity (Wildman–Crippen MR) is 112 cm³/mol. The molecule has 1 aromatic heterocycles. The molecule has 0 radical (unpaired) electrons. The van der Waals surface area contributed by atoms with Crippen molar-refractivity contribution in [1.29, 1.82) is 0 Å². The van der Waals surface area contributed by atoms with Crippen molar-refractivity contribution in [3.63, 3.8) is 0 Å². The lowest BCUT2D eigenvalue weighted by Gasteiger charge is -2.34. The van der Waals surface area contributed by atoms with E-state index in [2.05, 4.69) is 50.7 Å². The Labute approximate surface area is 162 Å². The van der Waals surface area contributed by atoms with Crippen molar-refractivity contribution < 1.29 is 0 Å². The molecule has 134 valence electrons. The number of hydrogen-bond acceptors (Lipinski definition) is 4. The fourth-order valence-corrected chi connectivity index (χ4v) is 2.46. The third-order valence-corrected chi connectivity index (χ3v) is 3.96. The second kappa shape index (κ2) is 10.5. The highest BCUT2D eigenvalue weighted by Crippen LogP contribution is 2.14. The summed E-state index contributed by atoms with van der Waals surface area (Å²) in [6.07, 6.45) is 1.89. The molecule has 1 aliphatic heterocycles. The Morgan fingerprint density at radius 1 is 1.33 bits per heavy atom. The van der Waals surface area contributed by atoms with Crippen LogP contribution in [-0.4, -0.2) is 55.1 Å². The van der Waals surface area contributed by atoms with E-state index >= 15 is 0 Å². The Kier molecular flexibility index (Phi) is 9.05. The molecular weight excluding hydrogens is 415 g/mol. The van der Waals surface area contributed by atoms with Crippen LogP contribution in [0.2, 0.25) is 0 Å². The van der Waals surface area contributed by atoms with E-state index < -0.39 is 0 Å². The molecule has 0 saturated carbocycles. The molecule has 2 heterocycles. The van der Waals surface area contributed by atoms with E-state index in [1.165, 1.54) is 0 Å². The van der Waals surface area contributed by atoms with Gasteiger partial charge in [0.2, 0.25) is 0 Å². The number of nitrogens with two attached hydrogens (primary N) is 1. The summed E-state index contributed by atoms with van der Waals surface area (Å²) in [7, 11) is 0. The zero-order valence-corrected chi connectivity index (χ0v) is 17.0. The molecule has 3 N–H and O–H groups in total. The van der Waals surface area contributed by atoms with Gasteiger partial charge in [-0.3, -0.25) is 0 Å². The first kappa shape index (κ1) is 20.7. The fourth-order valence-electron chi connectivity index (χ4n) is 2.46. The van der Waals surface area contributed by atoms with Crippen molar-refractivity contribution >= 4 is 35.8 Å². The summed E-state index contributed by atoms with van der Waals surface area (Å²) >= 11 is 0. The third-order valence-electron chi connectivity index (χ3n) is 3.96. The Morgan fingerprint density at radius 3 is 2.58 bits per heavy atom. The van der Waals surface area contributed by atoms with Crippen molar-refractivity contribution in [2.45, 2.75) is 20.4 Å². The van der Waals surface area contributed by atoms with Crippen molar-refractivity contribution in [3.8, 4) is 0 Å². The first-order valence-electron chi connectivity index (χ1n) is 8.19. The van der Waals surface area contributed by atoms with Gasteiger partial charge in [-0.25, -0.2) is 9.98 Å². The Hall–Kier alpha value is -1.35. The SMILES string of the molecule is C=C(C)CNC(N)=NCc1ccc(N2CCN(CC)CC2)nc1.I. The first-order valence-corrected chi connectivity index (χ1v) is 8.19. The van der Waals surface area contributed by atoms with E-state index in [0.29, 0.717) is 19.0 Å². The smallest absolute Gasteiger partial charge is 0.189 e. The highest BCUT2D eigenvalue weighted by molar-refractivity contribution is 14.0. The molecule has 0 aromatic carbocycles.